The zero-order valence-electron chi connectivity index (χ0n) is 17.2. The molecule has 0 fully saturated rings. The average molecular weight is 397 g/mol. The van der Waals surface area contributed by atoms with Crippen LogP contribution in [-0.2, 0) is 31.9 Å². The zero-order chi connectivity index (χ0) is 21.4. The molecule has 2 aromatic carbocycles. The molecule has 0 saturated carbocycles. The second kappa shape index (κ2) is 9.87. The molecular weight excluding hydrogens is 370 g/mol. The molecule has 154 valence electrons. The van der Waals surface area contributed by atoms with E-state index >= 15 is 0 Å². The van der Waals surface area contributed by atoms with Crippen molar-refractivity contribution < 1.29 is 23.9 Å². The van der Waals surface area contributed by atoms with Crippen LogP contribution < -0.4 is 5.32 Å². The summed E-state index contributed by atoms with van der Waals surface area (Å²) in [6, 6.07) is 15.2. The van der Waals surface area contributed by atoms with Crippen molar-refractivity contribution in [3.63, 3.8) is 0 Å². The van der Waals surface area contributed by atoms with E-state index in [-0.39, 0.29) is 18.7 Å². The molecule has 1 atom stereocenters. The molecule has 0 aliphatic carbocycles. The number of carbonyl (C=O) groups is 3. The number of hydrogen-bond acceptors (Lipinski definition) is 5. The molecule has 6 nitrogen and oxygen atoms in total. The third kappa shape index (κ3) is 7.41. The Kier molecular flexibility index (Phi) is 7.53. The van der Waals surface area contributed by atoms with Gasteiger partial charge in [0, 0.05) is 6.42 Å². The maximum atomic E-state index is 12.3. The van der Waals surface area contributed by atoms with E-state index in [1.165, 1.54) is 7.11 Å². The van der Waals surface area contributed by atoms with Gasteiger partial charge in [-0.3, -0.25) is 4.79 Å². The van der Waals surface area contributed by atoms with Crippen molar-refractivity contribution >= 4 is 17.8 Å². The molecule has 2 rings (SSSR count). The van der Waals surface area contributed by atoms with Crippen LogP contribution in [-0.4, -0.2) is 36.6 Å². The van der Waals surface area contributed by atoms with Crippen LogP contribution >= 0.6 is 0 Å². The number of carbonyl (C=O) groups excluding carboxylic acids is 3. The molecular formula is C23H27NO5. The fourth-order valence-corrected chi connectivity index (χ4v) is 2.71. The van der Waals surface area contributed by atoms with Gasteiger partial charge >= 0.3 is 11.9 Å². The Labute approximate surface area is 171 Å². The molecule has 29 heavy (non-hydrogen) atoms. The third-order valence-electron chi connectivity index (χ3n) is 4.06. The topological polar surface area (TPSA) is 81.7 Å². The summed E-state index contributed by atoms with van der Waals surface area (Å²) in [7, 11) is 1.28. The van der Waals surface area contributed by atoms with Crippen LogP contribution in [0.15, 0.2) is 54.6 Å². The first-order valence-corrected chi connectivity index (χ1v) is 9.41. The van der Waals surface area contributed by atoms with Gasteiger partial charge in [-0.1, -0.05) is 42.5 Å². The molecule has 0 heterocycles. The highest BCUT2D eigenvalue weighted by molar-refractivity contribution is 5.89. The first kappa shape index (κ1) is 22.1. The van der Waals surface area contributed by atoms with E-state index in [1.54, 1.807) is 45.0 Å². The van der Waals surface area contributed by atoms with Gasteiger partial charge in [0.25, 0.3) is 0 Å². The van der Waals surface area contributed by atoms with Crippen molar-refractivity contribution in [1.82, 2.24) is 5.32 Å². The number of benzene rings is 2. The van der Waals surface area contributed by atoms with Crippen molar-refractivity contribution in [3.8, 4) is 0 Å². The van der Waals surface area contributed by atoms with Gasteiger partial charge in [0.05, 0.1) is 19.1 Å². The number of hydrogen-bond donors (Lipinski definition) is 1. The van der Waals surface area contributed by atoms with E-state index in [9.17, 15) is 14.4 Å². The summed E-state index contributed by atoms with van der Waals surface area (Å²) in [4.78, 5) is 36.6. The first-order chi connectivity index (χ1) is 13.7. The minimum atomic E-state index is -0.816. The Morgan fingerprint density at radius 3 is 2.10 bits per heavy atom. The predicted octanol–water partition coefficient (Wildman–Crippen LogP) is 3.08. The van der Waals surface area contributed by atoms with Gasteiger partial charge in [-0.15, -0.1) is 0 Å². The van der Waals surface area contributed by atoms with Crippen LogP contribution in [0.25, 0.3) is 0 Å². The highest BCUT2D eigenvalue weighted by Crippen LogP contribution is 2.14. The Balaban J connectivity index is 2.03. The molecule has 1 amide bonds. The van der Waals surface area contributed by atoms with Crippen LogP contribution in [0, 0.1) is 0 Å². The second-order valence-corrected chi connectivity index (χ2v) is 7.71. The maximum absolute atomic E-state index is 12.3. The van der Waals surface area contributed by atoms with Crippen LogP contribution in [0.4, 0.5) is 0 Å². The van der Waals surface area contributed by atoms with E-state index in [2.05, 4.69) is 5.32 Å². The predicted molar refractivity (Wildman–Crippen MR) is 109 cm³/mol. The number of nitrogens with one attached hydrogen (secondary N) is 1. The van der Waals surface area contributed by atoms with Gasteiger partial charge in [-0.25, -0.2) is 9.59 Å². The number of methoxy groups -OCH3 is 1. The molecule has 0 bridgehead atoms. The molecule has 0 unspecified atom stereocenters. The van der Waals surface area contributed by atoms with Crippen molar-refractivity contribution in [2.75, 3.05) is 7.11 Å². The lowest BCUT2D eigenvalue weighted by Gasteiger charge is -2.20. The SMILES string of the molecule is COC(=O)[C@@H](Cc1ccc(C(=O)OC(C)(C)C)cc1)NC(=O)Cc1ccccc1. The number of ether oxygens (including phenoxy) is 2. The molecule has 6 heteroatoms. The summed E-state index contributed by atoms with van der Waals surface area (Å²) in [6.45, 7) is 5.41. The summed E-state index contributed by atoms with van der Waals surface area (Å²) >= 11 is 0. The van der Waals surface area contributed by atoms with Crippen LogP contribution in [0.5, 0.6) is 0 Å². The minimum absolute atomic E-state index is 0.173. The van der Waals surface area contributed by atoms with Gasteiger partial charge in [0.1, 0.15) is 11.6 Å². The summed E-state index contributed by atoms with van der Waals surface area (Å²) in [6.07, 6.45) is 0.424. The Bertz CT molecular complexity index is 838. The Morgan fingerprint density at radius 1 is 0.931 bits per heavy atom. The quantitative estimate of drug-likeness (QED) is 0.726. The fraction of sp³-hybridized carbons (Fsp3) is 0.348. The van der Waals surface area contributed by atoms with Gasteiger partial charge in [-0.2, -0.15) is 0 Å². The van der Waals surface area contributed by atoms with Gasteiger partial charge in [-0.05, 0) is 44.0 Å². The maximum Gasteiger partial charge on any atom is 0.338 e. The molecule has 0 radical (unpaired) electrons. The number of amides is 1. The molecule has 0 spiro atoms. The van der Waals surface area contributed by atoms with E-state index in [0.717, 1.165) is 11.1 Å². The molecule has 0 saturated heterocycles. The monoisotopic (exact) mass is 397 g/mol. The zero-order valence-corrected chi connectivity index (χ0v) is 17.2. The average Bonchev–Trinajstić information content (AvgIpc) is 2.66. The lowest BCUT2D eigenvalue weighted by atomic mass is 10.0. The van der Waals surface area contributed by atoms with E-state index in [0.29, 0.717) is 5.56 Å². The van der Waals surface area contributed by atoms with Gasteiger partial charge < -0.3 is 14.8 Å². The van der Waals surface area contributed by atoms with E-state index in [4.69, 9.17) is 9.47 Å². The summed E-state index contributed by atoms with van der Waals surface area (Å²) in [5.74, 6) is -1.20. The van der Waals surface area contributed by atoms with Gasteiger partial charge in [0.2, 0.25) is 5.91 Å². The van der Waals surface area contributed by atoms with Crippen molar-refractivity contribution in [1.29, 1.82) is 0 Å². The van der Waals surface area contributed by atoms with Crippen molar-refractivity contribution in [3.05, 3.63) is 71.3 Å². The lowest BCUT2D eigenvalue weighted by Crippen LogP contribution is -2.43. The molecule has 0 aromatic heterocycles. The first-order valence-electron chi connectivity index (χ1n) is 9.41. The minimum Gasteiger partial charge on any atom is -0.467 e. The normalized spacial score (nSPS) is 12.0. The molecule has 2 aromatic rings. The standard InChI is InChI=1S/C23H27NO5/c1-23(2,3)29-21(26)18-12-10-17(11-13-18)14-19(22(27)28-4)24-20(25)15-16-8-6-5-7-9-16/h5-13,19H,14-15H2,1-4H3,(H,24,25)/t19-/m1/s1. The van der Waals surface area contributed by atoms with Crippen molar-refractivity contribution in [2.24, 2.45) is 0 Å². The highest BCUT2D eigenvalue weighted by atomic mass is 16.6. The summed E-state index contributed by atoms with van der Waals surface area (Å²) in [5, 5.41) is 2.73. The summed E-state index contributed by atoms with van der Waals surface area (Å²) in [5.41, 5.74) is 1.49. The number of esters is 2. The molecule has 0 aliphatic rings. The highest BCUT2D eigenvalue weighted by Gasteiger charge is 2.23. The van der Waals surface area contributed by atoms with Crippen LogP contribution in [0.2, 0.25) is 0 Å². The van der Waals surface area contributed by atoms with Crippen molar-refractivity contribution in [2.45, 2.75) is 45.3 Å². The third-order valence-corrected chi connectivity index (χ3v) is 4.06. The largest absolute Gasteiger partial charge is 0.467 e. The van der Waals surface area contributed by atoms with Crippen LogP contribution in [0.1, 0.15) is 42.3 Å². The van der Waals surface area contributed by atoms with Gasteiger partial charge in [0.15, 0.2) is 0 Å². The van der Waals surface area contributed by atoms with Crippen LogP contribution in [0.3, 0.4) is 0 Å². The summed E-state index contributed by atoms with van der Waals surface area (Å²) < 4.78 is 10.2. The fourth-order valence-electron chi connectivity index (χ4n) is 2.71. The molecule has 1 N–H and O–H groups in total. The molecule has 0 aliphatic heterocycles. The smallest absolute Gasteiger partial charge is 0.338 e. The van der Waals surface area contributed by atoms with E-state index < -0.39 is 23.6 Å². The Morgan fingerprint density at radius 2 is 1.55 bits per heavy atom. The lowest BCUT2D eigenvalue weighted by molar-refractivity contribution is -0.145. The van der Waals surface area contributed by atoms with E-state index in [1.807, 2.05) is 30.3 Å². The Hall–Kier alpha value is -3.15. The number of rotatable bonds is 7. The second-order valence-electron chi connectivity index (χ2n) is 7.71.